The van der Waals surface area contributed by atoms with Gasteiger partial charge in [-0.15, -0.1) is 0 Å². The second-order valence-corrected chi connectivity index (χ2v) is 8.77. The second-order valence-electron chi connectivity index (χ2n) is 8.77. The fourth-order valence-electron chi connectivity index (χ4n) is 4.01. The normalized spacial score (nSPS) is 23.0. The lowest BCUT2D eigenvalue weighted by atomic mass is 9.95. The third kappa shape index (κ3) is 5.18. The van der Waals surface area contributed by atoms with Gasteiger partial charge in [0, 0.05) is 37.8 Å². The maximum absolute atomic E-state index is 12.8. The van der Waals surface area contributed by atoms with Gasteiger partial charge in [-0.05, 0) is 51.7 Å². The molecule has 2 aliphatic rings. The molecule has 1 N–H and O–H groups in total. The van der Waals surface area contributed by atoms with Crippen molar-refractivity contribution in [1.82, 2.24) is 14.8 Å². The minimum Gasteiger partial charge on any atom is -0.481 e. The predicted octanol–water partition coefficient (Wildman–Crippen LogP) is 2.37. The average molecular weight is 405 g/mol. The first-order valence-corrected chi connectivity index (χ1v) is 10.1. The molecule has 1 aromatic heterocycles. The Bertz CT molecular complexity index is 748. The van der Waals surface area contributed by atoms with E-state index in [0.717, 1.165) is 5.56 Å². The Kier molecular flexibility index (Phi) is 6.31. The minimum atomic E-state index is -0.671. The maximum atomic E-state index is 12.8. The lowest BCUT2D eigenvalue weighted by Gasteiger charge is -2.38. The standard InChI is InChI=1S/C21H31N3O5/c1-21(2,3)29-20(27)23-9-10-24-16(13-23)11-15(19(24)26)5-6-17(25)14-7-8-22-18(12-14)28-4/h7-8,12,15-17,25H,5-6,9-11,13H2,1-4H3/t15-,16-,17?/m0/s1. The Labute approximate surface area is 171 Å². The molecule has 2 aliphatic heterocycles. The Morgan fingerprint density at radius 2 is 2.14 bits per heavy atom. The number of aromatic nitrogens is 1. The van der Waals surface area contributed by atoms with Gasteiger partial charge >= 0.3 is 6.09 Å². The van der Waals surface area contributed by atoms with Crippen LogP contribution in [0.15, 0.2) is 18.3 Å². The van der Waals surface area contributed by atoms with Crippen LogP contribution in [0.25, 0.3) is 0 Å². The summed E-state index contributed by atoms with van der Waals surface area (Å²) in [5.41, 5.74) is 0.199. The molecular formula is C21H31N3O5. The molecule has 2 amide bonds. The maximum Gasteiger partial charge on any atom is 0.410 e. The summed E-state index contributed by atoms with van der Waals surface area (Å²) in [5.74, 6) is 0.452. The van der Waals surface area contributed by atoms with Crippen molar-refractivity contribution in [2.24, 2.45) is 5.92 Å². The first kappa shape index (κ1) is 21.4. The van der Waals surface area contributed by atoms with E-state index in [9.17, 15) is 14.7 Å². The average Bonchev–Trinajstić information content (AvgIpc) is 3.00. The summed E-state index contributed by atoms with van der Waals surface area (Å²) in [7, 11) is 1.53. The highest BCUT2D eigenvalue weighted by Crippen LogP contribution is 2.33. The van der Waals surface area contributed by atoms with Crippen molar-refractivity contribution in [3.63, 3.8) is 0 Å². The van der Waals surface area contributed by atoms with Crippen LogP contribution in [0.5, 0.6) is 5.88 Å². The Hall–Kier alpha value is -2.35. The van der Waals surface area contributed by atoms with Crippen LogP contribution in [0, 0.1) is 5.92 Å². The Balaban J connectivity index is 1.54. The predicted molar refractivity (Wildman–Crippen MR) is 106 cm³/mol. The van der Waals surface area contributed by atoms with Gasteiger partial charge in [-0.1, -0.05) is 0 Å². The molecule has 1 unspecified atom stereocenters. The smallest absolute Gasteiger partial charge is 0.410 e. The molecule has 0 saturated carbocycles. The van der Waals surface area contributed by atoms with Gasteiger partial charge in [-0.2, -0.15) is 0 Å². The van der Waals surface area contributed by atoms with E-state index in [1.165, 1.54) is 7.11 Å². The van der Waals surface area contributed by atoms with Gasteiger partial charge in [-0.3, -0.25) is 4.79 Å². The number of carbonyl (C=O) groups excluding carboxylic acids is 2. The molecule has 29 heavy (non-hydrogen) atoms. The number of aliphatic hydroxyl groups excluding tert-OH is 1. The number of piperazine rings is 1. The molecule has 0 radical (unpaired) electrons. The van der Waals surface area contributed by atoms with E-state index in [1.54, 1.807) is 23.2 Å². The van der Waals surface area contributed by atoms with Gasteiger partial charge in [-0.25, -0.2) is 9.78 Å². The minimum absolute atomic E-state index is 0.0203. The molecule has 1 aromatic rings. The first-order chi connectivity index (χ1) is 13.7. The molecule has 2 saturated heterocycles. The van der Waals surface area contributed by atoms with Crippen LogP contribution in [-0.4, -0.2) is 70.3 Å². The lowest BCUT2D eigenvalue weighted by molar-refractivity contribution is -0.133. The van der Waals surface area contributed by atoms with E-state index in [-0.39, 0.29) is 24.0 Å². The summed E-state index contributed by atoms with van der Waals surface area (Å²) in [5, 5.41) is 10.5. The molecule has 0 aromatic carbocycles. The lowest BCUT2D eigenvalue weighted by Crippen LogP contribution is -2.54. The molecule has 3 rings (SSSR count). The van der Waals surface area contributed by atoms with Crippen LogP contribution in [-0.2, 0) is 9.53 Å². The molecule has 3 heterocycles. The van der Waals surface area contributed by atoms with E-state index in [1.807, 2.05) is 25.7 Å². The van der Waals surface area contributed by atoms with Crippen molar-refractivity contribution in [2.75, 3.05) is 26.7 Å². The molecular weight excluding hydrogens is 374 g/mol. The van der Waals surface area contributed by atoms with Crippen molar-refractivity contribution < 1.29 is 24.2 Å². The van der Waals surface area contributed by atoms with Crippen LogP contribution >= 0.6 is 0 Å². The molecule has 8 nitrogen and oxygen atoms in total. The van der Waals surface area contributed by atoms with Crippen LogP contribution in [0.3, 0.4) is 0 Å². The van der Waals surface area contributed by atoms with Crippen molar-refractivity contribution in [3.05, 3.63) is 23.9 Å². The number of carbonyl (C=O) groups is 2. The van der Waals surface area contributed by atoms with Crippen LogP contribution in [0.1, 0.15) is 51.7 Å². The fourth-order valence-corrected chi connectivity index (χ4v) is 4.01. The van der Waals surface area contributed by atoms with E-state index < -0.39 is 11.7 Å². The van der Waals surface area contributed by atoms with Gasteiger partial charge in [0.15, 0.2) is 0 Å². The van der Waals surface area contributed by atoms with E-state index >= 15 is 0 Å². The highest BCUT2D eigenvalue weighted by molar-refractivity contribution is 5.82. The Morgan fingerprint density at radius 1 is 1.38 bits per heavy atom. The van der Waals surface area contributed by atoms with Crippen LogP contribution in [0.4, 0.5) is 4.79 Å². The van der Waals surface area contributed by atoms with Gasteiger partial charge in [0.2, 0.25) is 11.8 Å². The van der Waals surface area contributed by atoms with Gasteiger partial charge in [0.1, 0.15) is 5.60 Å². The largest absolute Gasteiger partial charge is 0.481 e. The third-order valence-electron chi connectivity index (χ3n) is 5.46. The third-order valence-corrected chi connectivity index (χ3v) is 5.46. The molecule has 3 atom stereocenters. The Morgan fingerprint density at radius 3 is 2.83 bits per heavy atom. The van der Waals surface area contributed by atoms with Crippen molar-refractivity contribution in [2.45, 2.75) is 57.8 Å². The number of fused-ring (bicyclic) bond motifs is 1. The van der Waals surface area contributed by atoms with Crippen molar-refractivity contribution in [1.29, 1.82) is 0 Å². The number of nitrogens with zero attached hydrogens (tertiary/aromatic N) is 3. The monoisotopic (exact) mass is 405 g/mol. The highest BCUT2D eigenvalue weighted by Gasteiger charge is 2.43. The molecule has 2 fully saturated rings. The van der Waals surface area contributed by atoms with Gasteiger partial charge < -0.3 is 24.4 Å². The zero-order valence-electron chi connectivity index (χ0n) is 17.6. The summed E-state index contributed by atoms with van der Waals surface area (Å²) >= 11 is 0. The van der Waals surface area contributed by atoms with Crippen molar-refractivity contribution in [3.8, 4) is 5.88 Å². The number of rotatable bonds is 5. The first-order valence-electron chi connectivity index (χ1n) is 10.1. The molecule has 0 aliphatic carbocycles. The quantitative estimate of drug-likeness (QED) is 0.809. The number of amides is 2. The SMILES string of the molecule is COc1cc(C(O)CC[C@H]2C[C@H]3CN(C(=O)OC(C)(C)C)CCN3C2=O)ccn1. The summed E-state index contributed by atoms with van der Waals surface area (Å²) in [6.07, 6.45) is 2.39. The molecule has 0 spiro atoms. The number of ether oxygens (including phenoxy) is 2. The second kappa shape index (κ2) is 8.57. The van der Waals surface area contributed by atoms with Gasteiger partial charge in [0.25, 0.3) is 0 Å². The van der Waals surface area contributed by atoms with Crippen LogP contribution < -0.4 is 4.74 Å². The molecule has 160 valence electrons. The highest BCUT2D eigenvalue weighted by atomic mass is 16.6. The zero-order chi connectivity index (χ0) is 21.2. The molecule has 0 bridgehead atoms. The summed E-state index contributed by atoms with van der Waals surface area (Å²) in [6, 6.07) is 3.49. The fraction of sp³-hybridized carbons (Fsp3) is 0.667. The number of hydrogen-bond donors (Lipinski definition) is 1. The topological polar surface area (TPSA) is 92.2 Å². The van der Waals surface area contributed by atoms with E-state index in [2.05, 4.69) is 4.98 Å². The van der Waals surface area contributed by atoms with E-state index in [0.29, 0.717) is 44.8 Å². The number of aliphatic hydroxyl groups is 1. The van der Waals surface area contributed by atoms with Crippen molar-refractivity contribution >= 4 is 12.0 Å². The summed E-state index contributed by atoms with van der Waals surface area (Å²) < 4.78 is 10.6. The van der Waals surface area contributed by atoms with Gasteiger partial charge in [0.05, 0.1) is 19.3 Å². The number of methoxy groups -OCH3 is 1. The summed E-state index contributed by atoms with van der Waals surface area (Å²) in [6.45, 7) is 7.06. The molecule has 8 heteroatoms. The zero-order valence-corrected chi connectivity index (χ0v) is 17.6. The van der Waals surface area contributed by atoms with Crippen LogP contribution in [0.2, 0.25) is 0 Å². The van der Waals surface area contributed by atoms with E-state index in [4.69, 9.17) is 9.47 Å². The summed E-state index contributed by atoms with van der Waals surface area (Å²) in [4.78, 5) is 32.7. The number of hydrogen-bond acceptors (Lipinski definition) is 6. The number of pyridine rings is 1.